The Balaban J connectivity index is 1.99. The SMILES string of the molecule is CN1CCCCC1CNc1ccc(Cl)c(C(=O)O)n1. The molecule has 1 unspecified atom stereocenters. The first-order valence-corrected chi connectivity index (χ1v) is 6.79. The molecule has 0 aromatic carbocycles. The van der Waals surface area contributed by atoms with Crippen molar-refractivity contribution in [2.24, 2.45) is 0 Å². The number of aromatic carboxylic acids is 1. The number of rotatable bonds is 4. The number of hydrogen-bond donors (Lipinski definition) is 2. The van der Waals surface area contributed by atoms with E-state index in [-0.39, 0.29) is 10.7 Å². The topological polar surface area (TPSA) is 65.5 Å². The number of pyridine rings is 1. The van der Waals surface area contributed by atoms with Crippen LogP contribution in [0.2, 0.25) is 5.02 Å². The van der Waals surface area contributed by atoms with Gasteiger partial charge in [0.25, 0.3) is 0 Å². The zero-order chi connectivity index (χ0) is 13.8. The summed E-state index contributed by atoms with van der Waals surface area (Å²) in [6.45, 7) is 1.88. The summed E-state index contributed by atoms with van der Waals surface area (Å²) < 4.78 is 0. The summed E-state index contributed by atoms with van der Waals surface area (Å²) >= 11 is 5.78. The van der Waals surface area contributed by atoms with Crippen molar-refractivity contribution in [3.63, 3.8) is 0 Å². The number of halogens is 1. The fourth-order valence-corrected chi connectivity index (χ4v) is 2.50. The molecule has 1 atom stereocenters. The van der Waals surface area contributed by atoms with Crippen LogP contribution in [0.3, 0.4) is 0 Å². The molecule has 1 fully saturated rings. The Morgan fingerprint density at radius 2 is 2.37 bits per heavy atom. The van der Waals surface area contributed by atoms with Crippen molar-refractivity contribution in [3.05, 3.63) is 22.8 Å². The number of carbonyl (C=O) groups is 1. The lowest BCUT2D eigenvalue weighted by Crippen LogP contribution is -2.40. The number of aromatic nitrogens is 1. The van der Waals surface area contributed by atoms with Crippen LogP contribution in [0.5, 0.6) is 0 Å². The summed E-state index contributed by atoms with van der Waals surface area (Å²) in [4.78, 5) is 17.3. The van der Waals surface area contributed by atoms with E-state index in [9.17, 15) is 4.79 Å². The Morgan fingerprint density at radius 3 is 3.05 bits per heavy atom. The minimum Gasteiger partial charge on any atom is -0.476 e. The van der Waals surface area contributed by atoms with Gasteiger partial charge in [-0.2, -0.15) is 0 Å². The number of anilines is 1. The van der Waals surface area contributed by atoms with Crippen molar-refractivity contribution >= 4 is 23.4 Å². The van der Waals surface area contributed by atoms with E-state index in [1.807, 2.05) is 0 Å². The number of hydrogen-bond acceptors (Lipinski definition) is 4. The van der Waals surface area contributed by atoms with Crippen molar-refractivity contribution in [3.8, 4) is 0 Å². The van der Waals surface area contributed by atoms with Gasteiger partial charge in [0.1, 0.15) is 5.82 Å². The highest BCUT2D eigenvalue weighted by Crippen LogP contribution is 2.18. The Morgan fingerprint density at radius 1 is 1.58 bits per heavy atom. The van der Waals surface area contributed by atoms with Crippen LogP contribution in [0.4, 0.5) is 5.82 Å². The predicted molar refractivity (Wildman–Crippen MR) is 75.0 cm³/mol. The Kier molecular flexibility index (Phi) is 4.61. The summed E-state index contributed by atoms with van der Waals surface area (Å²) in [5.41, 5.74) is -0.108. The van der Waals surface area contributed by atoms with Gasteiger partial charge in [-0.25, -0.2) is 9.78 Å². The number of likely N-dealkylation sites (N-methyl/N-ethyl adjacent to an activating group) is 1. The molecule has 1 saturated heterocycles. The van der Waals surface area contributed by atoms with E-state index in [4.69, 9.17) is 16.7 Å². The Hall–Kier alpha value is -1.33. The monoisotopic (exact) mass is 283 g/mol. The molecule has 1 aromatic rings. The van der Waals surface area contributed by atoms with Gasteiger partial charge in [-0.3, -0.25) is 0 Å². The molecule has 2 heterocycles. The van der Waals surface area contributed by atoms with Gasteiger partial charge in [-0.1, -0.05) is 18.0 Å². The minimum atomic E-state index is -1.11. The average Bonchev–Trinajstić information content (AvgIpc) is 2.39. The first-order valence-electron chi connectivity index (χ1n) is 6.42. The van der Waals surface area contributed by atoms with Gasteiger partial charge >= 0.3 is 5.97 Å². The van der Waals surface area contributed by atoms with E-state index in [1.54, 1.807) is 12.1 Å². The van der Waals surface area contributed by atoms with E-state index >= 15 is 0 Å². The molecule has 0 aliphatic carbocycles. The highest BCUT2D eigenvalue weighted by molar-refractivity contribution is 6.33. The van der Waals surface area contributed by atoms with Crippen LogP contribution in [0.15, 0.2) is 12.1 Å². The van der Waals surface area contributed by atoms with Crippen LogP contribution >= 0.6 is 11.6 Å². The highest BCUT2D eigenvalue weighted by atomic mass is 35.5. The zero-order valence-corrected chi connectivity index (χ0v) is 11.7. The molecule has 0 spiro atoms. The number of nitrogens with zero attached hydrogens (tertiary/aromatic N) is 2. The molecule has 0 bridgehead atoms. The van der Waals surface area contributed by atoms with Crippen LogP contribution < -0.4 is 5.32 Å². The lowest BCUT2D eigenvalue weighted by atomic mass is 10.0. The maximum Gasteiger partial charge on any atom is 0.356 e. The first kappa shape index (κ1) is 14.1. The second-order valence-electron chi connectivity index (χ2n) is 4.84. The standard InChI is InChI=1S/C13H18ClN3O2/c1-17-7-3-2-4-9(17)8-15-11-6-5-10(14)12(16-11)13(18)19/h5-6,9H,2-4,7-8H2,1H3,(H,15,16)(H,18,19). The number of likely N-dealkylation sites (tertiary alicyclic amines) is 1. The van der Waals surface area contributed by atoms with Crippen molar-refractivity contribution in [2.45, 2.75) is 25.3 Å². The molecule has 0 radical (unpaired) electrons. The highest BCUT2D eigenvalue weighted by Gasteiger charge is 2.19. The smallest absolute Gasteiger partial charge is 0.356 e. The predicted octanol–water partition coefficient (Wildman–Crippen LogP) is 2.33. The van der Waals surface area contributed by atoms with Gasteiger partial charge in [0, 0.05) is 12.6 Å². The summed E-state index contributed by atoms with van der Waals surface area (Å²) in [5.74, 6) is -0.552. The number of carboxylic acids is 1. The van der Waals surface area contributed by atoms with Crippen LogP contribution in [-0.2, 0) is 0 Å². The Labute approximate surface area is 117 Å². The van der Waals surface area contributed by atoms with Gasteiger partial charge < -0.3 is 15.3 Å². The molecule has 0 amide bonds. The van der Waals surface area contributed by atoms with E-state index in [2.05, 4.69) is 22.2 Å². The molecule has 6 heteroatoms. The fourth-order valence-electron chi connectivity index (χ4n) is 2.31. The van der Waals surface area contributed by atoms with Gasteiger partial charge in [0.05, 0.1) is 5.02 Å². The van der Waals surface area contributed by atoms with E-state index < -0.39 is 5.97 Å². The van der Waals surface area contributed by atoms with Crippen LogP contribution in [0, 0.1) is 0 Å². The van der Waals surface area contributed by atoms with Crippen molar-refractivity contribution < 1.29 is 9.90 Å². The van der Waals surface area contributed by atoms with Crippen LogP contribution in [0.1, 0.15) is 29.8 Å². The molecule has 2 N–H and O–H groups in total. The molecule has 1 aliphatic rings. The van der Waals surface area contributed by atoms with E-state index in [0.29, 0.717) is 11.9 Å². The summed E-state index contributed by atoms with van der Waals surface area (Å²) in [6, 6.07) is 3.74. The molecular formula is C13H18ClN3O2. The third-order valence-corrected chi connectivity index (χ3v) is 3.79. The maximum absolute atomic E-state index is 10.9. The quantitative estimate of drug-likeness (QED) is 0.888. The van der Waals surface area contributed by atoms with E-state index in [1.165, 1.54) is 12.8 Å². The van der Waals surface area contributed by atoms with Gasteiger partial charge in [0.2, 0.25) is 0 Å². The molecule has 1 aromatic heterocycles. The first-order chi connectivity index (χ1) is 9.08. The Bertz CT molecular complexity index is 467. The molecule has 104 valence electrons. The van der Waals surface area contributed by atoms with Gasteiger partial charge in [0.15, 0.2) is 5.69 Å². The summed E-state index contributed by atoms with van der Waals surface area (Å²) in [7, 11) is 2.11. The number of carboxylic acid groups (broad SMARTS) is 1. The summed E-state index contributed by atoms with van der Waals surface area (Å²) in [5, 5.41) is 12.3. The van der Waals surface area contributed by atoms with Crippen LogP contribution in [-0.4, -0.2) is 47.1 Å². The lowest BCUT2D eigenvalue weighted by molar-refractivity contribution is 0.0691. The van der Waals surface area contributed by atoms with Crippen LogP contribution in [0.25, 0.3) is 0 Å². The zero-order valence-electron chi connectivity index (χ0n) is 10.9. The molecule has 2 rings (SSSR count). The summed E-state index contributed by atoms with van der Waals surface area (Å²) in [6.07, 6.45) is 3.64. The molecule has 1 aliphatic heterocycles. The second kappa shape index (κ2) is 6.21. The molecule has 5 nitrogen and oxygen atoms in total. The van der Waals surface area contributed by atoms with Crippen molar-refractivity contribution in [1.29, 1.82) is 0 Å². The molecule has 0 saturated carbocycles. The van der Waals surface area contributed by atoms with E-state index in [0.717, 1.165) is 19.5 Å². The normalized spacial score (nSPS) is 20.2. The lowest BCUT2D eigenvalue weighted by Gasteiger charge is -2.32. The maximum atomic E-state index is 10.9. The van der Waals surface area contributed by atoms with Crippen molar-refractivity contribution in [2.75, 3.05) is 25.5 Å². The average molecular weight is 284 g/mol. The van der Waals surface area contributed by atoms with Gasteiger partial charge in [-0.15, -0.1) is 0 Å². The molecule has 19 heavy (non-hydrogen) atoms. The molecular weight excluding hydrogens is 266 g/mol. The third-order valence-electron chi connectivity index (χ3n) is 3.49. The number of nitrogens with one attached hydrogen (secondary N) is 1. The minimum absolute atomic E-state index is 0.108. The number of piperidine rings is 1. The fraction of sp³-hybridized carbons (Fsp3) is 0.538. The second-order valence-corrected chi connectivity index (χ2v) is 5.25. The van der Waals surface area contributed by atoms with Crippen molar-refractivity contribution in [1.82, 2.24) is 9.88 Å². The van der Waals surface area contributed by atoms with Gasteiger partial charge in [-0.05, 0) is 38.6 Å². The third kappa shape index (κ3) is 3.58. The largest absolute Gasteiger partial charge is 0.476 e.